The number of carbonyl (C=O) groups is 1. The number of carbonyl (C=O) groups excluding carboxylic acids is 1. The Morgan fingerprint density at radius 3 is 2.95 bits per heavy atom. The van der Waals surface area contributed by atoms with E-state index in [1.165, 1.54) is 18.2 Å². The van der Waals surface area contributed by atoms with Gasteiger partial charge in [-0.15, -0.1) is 0 Å². The number of anilines is 2. The summed E-state index contributed by atoms with van der Waals surface area (Å²) in [6, 6.07) is 3.99. The number of hydrogen-bond acceptors (Lipinski definition) is 4. The number of benzene rings is 1. The van der Waals surface area contributed by atoms with Crippen molar-refractivity contribution in [3.8, 4) is 0 Å². The normalized spacial score (nSPS) is 19.0. The maximum Gasteiger partial charge on any atom is 0.238 e. The van der Waals surface area contributed by atoms with Crippen LogP contribution in [0.15, 0.2) is 18.2 Å². The Morgan fingerprint density at radius 1 is 1.48 bits per heavy atom. The van der Waals surface area contributed by atoms with Gasteiger partial charge in [0.1, 0.15) is 5.82 Å². The van der Waals surface area contributed by atoms with Crippen molar-refractivity contribution in [2.75, 3.05) is 36.4 Å². The van der Waals surface area contributed by atoms with E-state index in [2.05, 4.69) is 24.1 Å². The maximum absolute atomic E-state index is 13.0. The van der Waals surface area contributed by atoms with E-state index < -0.39 is 5.82 Å². The monoisotopic (exact) mass is 311 g/mol. The van der Waals surface area contributed by atoms with E-state index in [-0.39, 0.29) is 16.3 Å². The highest BCUT2D eigenvalue weighted by Crippen LogP contribution is 2.30. The van der Waals surface area contributed by atoms with Crippen LogP contribution >= 0.6 is 11.8 Å². The Labute approximate surface area is 129 Å². The summed E-state index contributed by atoms with van der Waals surface area (Å²) in [5, 5.41) is 2.75. The molecular weight excluding hydrogens is 289 g/mol. The molecule has 0 aromatic heterocycles. The summed E-state index contributed by atoms with van der Waals surface area (Å²) >= 11 is 1.95. The van der Waals surface area contributed by atoms with E-state index in [9.17, 15) is 9.18 Å². The molecule has 1 fully saturated rings. The Hall–Kier alpha value is -1.27. The van der Waals surface area contributed by atoms with Crippen LogP contribution < -0.4 is 11.1 Å². The minimum Gasteiger partial charge on any atom is -0.397 e. The topological polar surface area (TPSA) is 58.4 Å². The lowest BCUT2D eigenvalue weighted by Crippen LogP contribution is -2.35. The first-order valence-corrected chi connectivity index (χ1v) is 8.05. The summed E-state index contributed by atoms with van der Waals surface area (Å²) in [5.74, 6) is 0.509. The Kier molecular flexibility index (Phi) is 5.11. The van der Waals surface area contributed by atoms with Crippen molar-refractivity contribution in [1.29, 1.82) is 0 Å². The van der Waals surface area contributed by atoms with Crippen LogP contribution in [0.5, 0.6) is 0 Å². The smallest absolute Gasteiger partial charge is 0.238 e. The van der Waals surface area contributed by atoms with E-state index in [1.807, 2.05) is 11.8 Å². The van der Waals surface area contributed by atoms with E-state index in [0.717, 1.165) is 25.3 Å². The van der Waals surface area contributed by atoms with Crippen molar-refractivity contribution in [2.24, 2.45) is 0 Å². The van der Waals surface area contributed by atoms with Gasteiger partial charge in [0.2, 0.25) is 5.91 Å². The number of amides is 1. The summed E-state index contributed by atoms with van der Waals surface area (Å²) < 4.78 is 13.2. The summed E-state index contributed by atoms with van der Waals surface area (Å²) in [7, 11) is 0. The SMILES string of the molecule is CC1(C)CCN(CC(=O)Nc2ccc(F)cc2N)CCS1. The first kappa shape index (κ1) is 16.1. The molecule has 0 aliphatic carbocycles. The highest BCUT2D eigenvalue weighted by Gasteiger charge is 2.24. The van der Waals surface area contributed by atoms with Crippen molar-refractivity contribution in [2.45, 2.75) is 25.0 Å². The number of hydrogen-bond donors (Lipinski definition) is 2. The summed E-state index contributed by atoms with van der Waals surface area (Å²) in [5.41, 5.74) is 6.40. The van der Waals surface area contributed by atoms with Gasteiger partial charge < -0.3 is 11.1 Å². The molecule has 6 heteroatoms. The number of nitrogens with zero attached hydrogens (tertiary/aromatic N) is 1. The fourth-order valence-corrected chi connectivity index (χ4v) is 3.40. The summed E-state index contributed by atoms with van der Waals surface area (Å²) in [6.07, 6.45) is 1.06. The zero-order valence-electron chi connectivity index (χ0n) is 12.5. The largest absolute Gasteiger partial charge is 0.397 e. The van der Waals surface area contributed by atoms with E-state index in [1.54, 1.807) is 0 Å². The molecule has 4 nitrogen and oxygen atoms in total. The highest BCUT2D eigenvalue weighted by atomic mass is 32.2. The van der Waals surface area contributed by atoms with Crippen LogP contribution in [0.3, 0.4) is 0 Å². The molecule has 1 saturated heterocycles. The third-order valence-corrected chi connectivity index (χ3v) is 4.96. The third kappa shape index (κ3) is 4.89. The number of nitrogens with one attached hydrogen (secondary N) is 1. The molecule has 21 heavy (non-hydrogen) atoms. The second-order valence-electron chi connectivity index (χ2n) is 5.91. The van der Waals surface area contributed by atoms with Gasteiger partial charge in [-0.1, -0.05) is 13.8 Å². The highest BCUT2D eigenvalue weighted by molar-refractivity contribution is 8.00. The molecule has 0 spiro atoms. The molecule has 2 rings (SSSR count). The third-order valence-electron chi connectivity index (χ3n) is 3.59. The molecule has 3 N–H and O–H groups in total. The van der Waals surface area contributed by atoms with Gasteiger partial charge in [0.15, 0.2) is 0 Å². The second kappa shape index (κ2) is 6.66. The minimum atomic E-state index is -0.405. The molecule has 0 bridgehead atoms. The average molecular weight is 311 g/mol. The average Bonchev–Trinajstić information content (AvgIpc) is 2.54. The van der Waals surface area contributed by atoms with Crippen LogP contribution in [-0.4, -0.2) is 40.9 Å². The van der Waals surface area contributed by atoms with Crippen molar-refractivity contribution in [1.82, 2.24) is 4.90 Å². The molecule has 1 aliphatic heterocycles. The van der Waals surface area contributed by atoms with Gasteiger partial charge in [-0.3, -0.25) is 9.69 Å². The minimum absolute atomic E-state index is 0.113. The standard InChI is InChI=1S/C15H22FN3OS/c1-15(2)5-6-19(7-8-21-15)10-14(20)18-13-4-3-11(16)9-12(13)17/h3-4,9H,5-8,10,17H2,1-2H3,(H,18,20). The molecule has 1 aromatic rings. The molecule has 0 saturated carbocycles. The molecule has 1 heterocycles. The van der Waals surface area contributed by atoms with Crippen molar-refractivity contribution >= 4 is 29.0 Å². The quantitative estimate of drug-likeness (QED) is 0.842. The number of nitrogens with two attached hydrogens (primary N) is 1. The van der Waals surface area contributed by atoms with Crippen LogP contribution in [-0.2, 0) is 4.79 Å². The molecule has 0 radical (unpaired) electrons. The molecule has 1 aliphatic rings. The predicted molar refractivity (Wildman–Crippen MR) is 87.0 cm³/mol. The number of rotatable bonds is 3. The molecule has 0 atom stereocenters. The van der Waals surface area contributed by atoms with Gasteiger partial charge in [0, 0.05) is 23.6 Å². The first-order chi connectivity index (χ1) is 9.85. The summed E-state index contributed by atoms with van der Waals surface area (Å²) in [6.45, 7) is 6.63. The van der Waals surface area contributed by atoms with Gasteiger partial charge in [-0.25, -0.2) is 4.39 Å². The molecule has 1 amide bonds. The molecule has 1 aromatic carbocycles. The van der Waals surface area contributed by atoms with Crippen molar-refractivity contribution < 1.29 is 9.18 Å². The van der Waals surface area contributed by atoms with Gasteiger partial charge >= 0.3 is 0 Å². The number of halogens is 1. The molecule has 116 valence electrons. The van der Waals surface area contributed by atoms with E-state index in [4.69, 9.17) is 5.73 Å². The maximum atomic E-state index is 13.0. The van der Waals surface area contributed by atoms with Crippen LogP contribution in [0.1, 0.15) is 20.3 Å². The molecular formula is C15H22FN3OS. The lowest BCUT2D eigenvalue weighted by Gasteiger charge is -2.22. The van der Waals surface area contributed by atoms with Crippen LogP contribution in [0.2, 0.25) is 0 Å². The lowest BCUT2D eigenvalue weighted by molar-refractivity contribution is -0.117. The van der Waals surface area contributed by atoms with Crippen LogP contribution in [0, 0.1) is 5.82 Å². The Morgan fingerprint density at radius 2 is 2.24 bits per heavy atom. The number of thioether (sulfide) groups is 1. The van der Waals surface area contributed by atoms with Gasteiger partial charge in [-0.05, 0) is 24.6 Å². The van der Waals surface area contributed by atoms with Crippen molar-refractivity contribution in [3.05, 3.63) is 24.0 Å². The Bertz CT molecular complexity index is 522. The first-order valence-electron chi connectivity index (χ1n) is 7.07. The predicted octanol–water partition coefficient (Wildman–Crippen LogP) is 2.56. The van der Waals surface area contributed by atoms with Gasteiger partial charge in [0.05, 0.1) is 17.9 Å². The fraction of sp³-hybridized carbons (Fsp3) is 0.533. The zero-order valence-corrected chi connectivity index (χ0v) is 13.3. The van der Waals surface area contributed by atoms with E-state index >= 15 is 0 Å². The Balaban J connectivity index is 1.89. The molecule has 0 unspecified atom stereocenters. The van der Waals surface area contributed by atoms with Gasteiger partial charge in [0.25, 0.3) is 0 Å². The lowest BCUT2D eigenvalue weighted by atomic mass is 10.1. The summed E-state index contributed by atoms with van der Waals surface area (Å²) in [4.78, 5) is 14.2. The second-order valence-corrected chi connectivity index (χ2v) is 7.72. The van der Waals surface area contributed by atoms with E-state index in [0.29, 0.717) is 12.2 Å². The van der Waals surface area contributed by atoms with Crippen LogP contribution in [0.4, 0.5) is 15.8 Å². The van der Waals surface area contributed by atoms with Crippen molar-refractivity contribution in [3.63, 3.8) is 0 Å². The number of nitrogen functional groups attached to an aromatic ring is 1. The van der Waals surface area contributed by atoms with Gasteiger partial charge in [-0.2, -0.15) is 11.8 Å². The fourth-order valence-electron chi connectivity index (χ4n) is 2.26. The van der Waals surface area contributed by atoms with Crippen LogP contribution in [0.25, 0.3) is 0 Å². The zero-order chi connectivity index (χ0) is 15.5.